The van der Waals surface area contributed by atoms with Crippen LogP contribution in [0.25, 0.3) is 11.1 Å². The smallest absolute Gasteiger partial charge is 0.204 e. The maximum Gasteiger partial charge on any atom is 0.204 e. The molecule has 5 rings (SSSR count). The Balaban J connectivity index is 0.000000259. The highest BCUT2D eigenvalue weighted by Crippen LogP contribution is 2.45. The number of nitrogens with zero attached hydrogens (tertiary/aromatic N) is 1. The number of amides is 1. The third-order valence-corrected chi connectivity index (χ3v) is 6.71. The molecule has 1 aromatic heterocycles. The Morgan fingerprint density at radius 1 is 0.950 bits per heavy atom. The molecule has 8 heteroatoms. The van der Waals surface area contributed by atoms with Crippen molar-refractivity contribution in [2.75, 3.05) is 7.05 Å². The summed E-state index contributed by atoms with van der Waals surface area (Å²) in [5.41, 5.74) is 8.77. The van der Waals surface area contributed by atoms with E-state index in [0.29, 0.717) is 17.5 Å². The van der Waals surface area contributed by atoms with E-state index in [1.165, 1.54) is 23.8 Å². The number of pyridine rings is 1. The SMILES string of the molecule is CNC(Cc1cc(F)cc(F)c1)c1ncccc1-c1ccc(F)c(C)c1.NC=O.O=CC1(c2ccccc2)CC1. The van der Waals surface area contributed by atoms with Crippen molar-refractivity contribution in [3.8, 4) is 11.1 Å². The molecule has 1 aliphatic rings. The first kappa shape index (κ1) is 30.2. The number of likely N-dealkylation sites (N-methyl/N-ethyl adjacent to an activating group) is 1. The molecule has 0 bridgehead atoms. The molecule has 3 aromatic carbocycles. The van der Waals surface area contributed by atoms with Gasteiger partial charge in [-0.1, -0.05) is 42.5 Å². The van der Waals surface area contributed by atoms with Crippen LogP contribution in [0, 0.1) is 24.4 Å². The van der Waals surface area contributed by atoms with Crippen LogP contribution in [0.4, 0.5) is 13.2 Å². The zero-order chi connectivity index (χ0) is 29.1. The second kappa shape index (κ2) is 14.2. The Kier molecular flexibility index (Phi) is 10.7. The number of benzene rings is 3. The molecule has 1 fully saturated rings. The summed E-state index contributed by atoms with van der Waals surface area (Å²) < 4.78 is 40.6. The summed E-state index contributed by atoms with van der Waals surface area (Å²) in [4.78, 5) is 23.7. The fourth-order valence-electron chi connectivity index (χ4n) is 4.43. The van der Waals surface area contributed by atoms with E-state index < -0.39 is 11.6 Å². The van der Waals surface area contributed by atoms with E-state index in [1.807, 2.05) is 42.5 Å². The maximum absolute atomic E-state index is 13.6. The van der Waals surface area contributed by atoms with Crippen LogP contribution in [0.15, 0.2) is 85.1 Å². The molecule has 1 atom stereocenters. The standard InChI is InChI=1S/C21H19F3N2.C10H10O.CH3NO/c1-13-8-15(5-6-19(13)24)18-4-3-7-26-21(18)20(25-2)11-14-9-16(22)12-17(23)10-14;11-8-10(6-7-10)9-4-2-1-3-5-9;2-1-3/h3-10,12,20,25H,11H2,1-2H3;1-5,8H,6-7H2;1H,(H2,2,3). The molecule has 0 spiro atoms. The number of nitrogens with two attached hydrogens (primary N) is 1. The van der Waals surface area contributed by atoms with E-state index >= 15 is 0 Å². The van der Waals surface area contributed by atoms with Gasteiger partial charge in [0, 0.05) is 17.8 Å². The largest absolute Gasteiger partial charge is 0.372 e. The van der Waals surface area contributed by atoms with Crippen molar-refractivity contribution in [3.05, 3.63) is 125 Å². The molecule has 0 aliphatic heterocycles. The first-order valence-electron chi connectivity index (χ1n) is 12.8. The zero-order valence-electron chi connectivity index (χ0n) is 22.4. The predicted molar refractivity (Wildman–Crippen MR) is 150 cm³/mol. The lowest BCUT2D eigenvalue weighted by Gasteiger charge is -2.19. The highest BCUT2D eigenvalue weighted by molar-refractivity contribution is 5.73. The zero-order valence-corrected chi connectivity index (χ0v) is 22.4. The molecular formula is C32H32F3N3O2. The predicted octanol–water partition coefficient (Wildman–Crippen LogP) is 6.00. The number of aldehydes is 1. The van der Waals surface area contributed by atoms with Gasteiger partial charge in [-0.15, -0.1) is 0 Å². The van der Waals surface area contributed by atoms with Crippen molar-refractivity contribution in [2.45, 2.75) is 37.6 Å². The number of halogens is 3. The lowest BCUT2D eigenvalue weighted by molar-refractivity contribution is -0.110. The molecule has 208 valence electrons. The number of hydrogen-bond acceptors (Lipinski definition) is 4. The average molecular weight is 548 g/mol. The number of carbonyl (C=O) groups is 2. The normalized spacial score (nSPS) is 13.5. The van der Waals surface area contributed by atoms with E-state index in [-0.39, 0.29) is 23.7 Å². The molecule has 0 saturated heterocycles. The summed E-state index contributed by atoms with van der Waals surface area (Å²) in [6.07, 6.45) is 5.43. The van der Waals surface area contributed by atoms with E-state index in [2.05, 4.69) is 16.0 Å². The van der Waals surface area contributed by atoms with Gasteiger partial charge in [0.2, 0.25) is 6.41 Å². The lowest BCUT2D eigenvalue weighted by Crippen LogP contribution is -2.21. The molecule has 1 saturated carbocycles. The Bertz CT molecular complexity index is 1410. The van der Waals surface area contributed by atoms with Crippen LogP contribution in [0.3, 0.4) is 0 Å². The third-order valence-electron chi connectivity index (χ3n) is 6.71. The Morgan fingerprint density at radius 3 is 2.15 bits per heavy atom. The molecule has 4 aromatic rings. The van der Waals surface area contributed by atoms with Crippen LogP contribution in [0.1, 0.15) is 41.3 Å². The Labute approximate surface area is 232 Å². The number of aryl methyl sites for hydroxylation is 1. The minimum atomic E-state index is -0.606. The van der Waals surface area contributed by atoms with E-state index in [1.54, 1.807) is 32.3 Å². The van der Waals surface area contributed by atoms with Crippen LogP contribution in [0.5, 0.6) is 0 Å². The molecule has 40 heavy (non-hydrogen) atoms. The molecule has 0 radical (unpaired) electrons. The fourth-order valence-corrected chi connectivity index (χ4v) is 4.43. The van der Waals surface area contributed by atoms with Gasteiger partial charge < -0.3 is 15.8 Å². The van der Waals surface area contributed by atoms with Gasteiger partial charge in [-0.3, -0.25) is 9.78 Å². The highest BCUT2D eigenvalue weighted by Gasteiger charge is 2.43. The van der Waals surface area contributed by atoms with Crippen molar-refractivity contribution in [3.63, 3.8) is 0 Å². The van der Waals surface area contributed by atoms with Gasteiger partial charge in [0.1, 0.15) is 23.7 Å². The van der Waals surface area contributed by atoms with Crippen LogP contribution in [-0.2, 0) is 21.4 Å². The van der Waals surface area contributed by atoms with Crippen molar-refractivity contribution < 1.29 is 22.8 Å². The molecule has 5 nitrogen and oxygen atoms in total. The van der Waals surface area contributed by atoms with Crippen molar-refractivity contribution in [2.24, 2.45) is 5.73 Å². The molecule has 1 unspecified atom stereocenters. The van der Waals surface area contributed by atoms with Gasteiger partial charge in [-0.2, -0.15) is 0 Å². The number of aromatic nitrogens is 1. The lowest BCUT2D eigenvalue weighted by atomic mass is 9.95. The first-order chi connectivity index (χ1) is 19.3. The van der Waals surface area contributed by atoms with Gasteiger partial charge in [-0.25, -0.2) is 13.2 Å². The van der Waals surface area contributed by atoms with E-state index in [9.17, 15) is 18.0 Å². The summed E-state index contributed by atoms with van der Waals surface area (Å²) in [6, 6.07) is 21.9. The molecule has 1 amide bonds. The van der Waals surface area contributed by atoms with Gasteiger partial charge in [-0.05, 0) is 85.8 Å². The minimum Gasteiger partial charge on any atom is -0.372 e. The Morgan fingerprint density at radius 2 is 1.60 bits per heavy atom. The minimum absolute atomic E-state index is 0.0960. The quantitative estimate of drug-likeness (QED) is 0.278. The monoisotopic (exact) mass is 547 g/mol. The van der Waals surface area contributed by atoms with Gasteiger partial charge in [0.25, 0.3) is 0 Å². The fraction of sp³-hybridized carbons (Fsp3) is 0.219. The van der Waals surface area contributed by atoms with Crippen LogP contribution < -0.4 is 11.1 Å². The molecule has 1 heterocycles. The summed E-state index contributed by atoms with van der Waals surface area (Å²) in [7, 11) is 1.77. The highest BCUT2D eigenvalue weighted by atomic mass is 19.1. The number of rotatable bonds is 7. The molecule has 1 aliphatic carbocycles. The van der Waals surface area contributed by atoms with Gasteiger partial charge in [0.05, 0.1) is 17.2 Å². The summed E-state index contributed by atoms with van der Waals surface area (Å²) >= 11 is 0. The number of primary amides is 1. The van der Waals surface area contributed by atoms with Crippen molar-refractivity contribution in [1.82, 2.24) is 10.3 Å². The number of carbonyl (C=O) groups excluding carboxylic acids is 2. The second-order valence-corrected chi connectivity index (χ2v) is 9.50. The summed E-state index contributed by atoms with van der Waals surface area (Å²) in [6.45, 7) is 1.71. The maximum atomic E-state index is 13.6. The number of hydrogen-bond donors (Lipinski definition) is 2. The molecule has 3 N–H and O–H groups in total. The van der Waals surface area contributed by atoms with Gasteiger partial charge in [0.15, 0.2) is 0 Å². The van der Waals surface area contributed by atoms with E-state index in [4.69, 9.17) is 4.79 Å². The third kappa shape index (κ3) is 7.86. The van der Waals surface area contributed by atoms with Crippen molar-refractivity contribution in [1.29, 1.82) is 0 Å². The van der Waals surface area contributed by atoms with Crippen LogP contribution in [-0.4, -0.2) is 24.7 Å². The van der Waals surface area contributed by atoms with Gasteiger partial charge >= 0.3 is 0 Å². The topological polar surface area (TPSA) is 85.1 Å². The van der Waals surface area contributed by atoms with Crippen LogP contribution in [0.2, 0.25) is 0 Å². The van der Waals surface area contributed by atoms with Crippen molar-refractivity contribution >= 4 is 12.7 Å². The molecular weight excluding hydrogens is 515 g/mol. The Hall–Kier alpha value is -4.30. The van der Waals surface area contributed by atoms with Crippen LogP contribution >= 0.6 is 0 Å². The van der Waals surface area contributed by atoms with E-state index in [0.717, 1.165) is 42.0 Å². The first-order valence-corrected chi connectivity index (χ1v) is 12.8. The summed E-state index contributed by atoms with van der Waals surface area (Å²) in [5.74, 6) is -1.48. The second-order valence-electron chi connectivity index (χ2n) is 9.50. The average Bonchev–Trinajstić information content (AvgIpc) is 3.76. The number of nitrogens with one attached hydrogen (secondary N) is 1. The summed E-state index contributed by atoms with van der Waals surface area (Å²) in [5, 5.41) is 3.16.